The zero-order valence-corrected chi connectivity index (χ0v) is 12.0. The smallest absolute Gasteiger partial charge is 0.254 e. The number of aliphatic hydroxyl groups excluding tert-OH is 2. The predicted octanol–water partition coefficient (Wildman–Crippen LogP) is 0.343. The minimum absolute atomic E-state index is 0.0862. The molecule has 1 aliphatic heterocycles. The normalized spacial score (nSPS) is 22.0. The van der Waals surface area contributed by atoms with E-state index in [1.54, 1.807) is 18.2 Å². The summed E-state index contributed by atoms with van der Waals surface area (Å²) in [7, 11) is 0. The number of hydrogen-bond donors (Lipinski definition) is 3. The lowest BCUT2D eigenvalue weighted by atomic mass is 9.94. The number of rotatable bonds is 2. The number of carbonyl (C=O) groups is 1. The van der Waals surface area contributed by atoms with Gasteiger partial charge in [-0.05, 0) is 12.5 Å². The summed E-state index contributed by atoms with van der Waals surface area (Å²) in [6.45, 7) is 0.546. The van der Waals surface area contributed by atoms with Gasteiger partial charge in [0.05, 0.1) is 11.7 Å². The van der Waals surface area contributed by atoms with Gasteiger partial charge in [0.2, 0.25) is 5.56 Å². The van der Waals surface area contributed by atoms with Crippen LogP contribution in [0.1, 0.15) is 16.8 Å². The molecular weight excluding hydrogens is 284 g/mol. The lowest BCUT2D eigenvalue weighted by molar-refractivity contribution is 0.000945. The number of para-hydroxylation sites is 1. The van der Waals surface area contributed by atoms with Crippen molar-refractivity contribution in [2.45, 2.75) is 12.5 Å². The third kappa shape index (κ3) is 2.63. The summed E-state index contributed by atoms with van der Waals surface area (Å²) in [5, 5.41) is 19.8. The van der Waals surface area contributed by atoms with Crippen molar-refractivity contribution in [2.24, 2.45) is 5.92 Å². The van der Waals surface area contributed by atoms with Gasteiger partial charge in [0.15, 0.2) is 0 Å². The molecule has 1 amide bonds. The second-order valence-corrected chi connectivity index (χ2v) is 5.64. The molecule has 1 aromatic heterocycles. The van der Waals surface area contributed by atoms with Crippen molar-refractivity contribution >= 4 is 16.8 Å². The second-order valence-electron chi connectivity index (χ2n) is 5.64. The molecule has 0 spiro atoms. The summed E-state index contributed by atoms with van der Waals surface area (Å²) < 4.78 is 0. The molecule has 0 unspecified atom stereocenters. The number of nitrogens with one attached hydrogen (secondary N) is 1. The largest absolute Gasteiger partial charge is 0.396 e. The highest BCUT2D eigenvalue weighted by Crippen LogP contribution is 2.21. The Morgan fingerprint density at radius 1 is 1.36 bits per heavy atom. The number of H-pyrrole nitrogens is 1. The molecule has 116 valence electrons. The number of benzene rings is 1. The SMILES string of the molecule is O=C(c1cc(=O)[nH]c2ccccc12)N1CC[C@H](CO)[C@H](O)C1. The van der Waals surface area contributed by atoms with Gasteiger partial charge in [0.25, 0.3) is 5.91 Å². The molecule has 2 heterocycles. The van der Waals surface area contributed by atoms with Gasteiger partial charge in [-0.15, -0.1) is 0 Å². The minimum Gasteiger partial charge on any atom is -0.396 e. The number of pyridine rings is 1. The van der Waals surface area contributed by atoms with Crippen LogP contribution < -0.4 is 5.56 Å². The quantitative estimate of drug-likeness (QED) is 0.746. The Kier molecular flexibility index (Phi) is 3.96. The first-order valence-electron chi connectivity index (χ1n) is 7.30. The maximum absolute atomic E-state index is 12.7. The highest BCUT2D eigenvalue weighted by Gasteiger charge is 2.30. The van der Waals surface area contributed by atoms with Crippen molar-refractivity contribution in [3.8, 4) is 0 Å². The molecule has 1 saturated heterocycles. The lowest BCUT2D eigenvalue weighted by Crippen LogP contribution is -2.47. The zero-order chi connectivity index (χ0) is 15.7. The van der Waals surface area contributed by atoms with Crippen LogP contribution in [0.4, 0.5) is 0 Å². The second kappa shape index (κ2) is 5.90. The molecule has 0 aliphatic carbocycles. The molecule has 3 rings (SSSR count). The standard InChI is InChI=1S/C16H18N2O4/c19-9-10-5-6-18(8-14(10)20)16(22)12-7-15(21)17-13-4-2-1-3-11(12)13/h1-4,7,10,14,19-20H,5-6,8-9H2,(H,17,21)/t10-,14-/m1/s1. The first-order valence-corrected chi connectivity index (χ1v) is 7.30. The van der Waals surface area contributed by atoms with E-state index < -0.39 is 6.10 Å². The van der Waals surface area contributed by atoms with Crippen LogP contribution in [-0.2, 0) is 0 Å². The molecule has 22 heavy (non-hydrogen) atoms. The number of aromatic amines is 1. The molecule has 2 aromatic rings. The van der Waals surface area contributed by atoms with E-state index in [4.69, 9.17) is 0 Å². The molecule has 1 fully saturated rings. The topological polar surface area (TPSA) is 93.6 Å². The Labute approximate surface area is 127 Å². The molecule has 3 N–H and O–H groups in total. The summed E-state index contributed by atoms with van der Waals surface area (Å²) >= 11 is 0. The molecule has 0 bridgehead atoms. The van der Waals surface area contributed by atoms with Gasteiger partial charge in [0.1, 0.15) is 0 Å². The summed E-state index contributed by atoms with van der Waals surface area (Å²) in [4.78, 5) is 28.7. The maximum atomic E-state index is 12.7. The average Bonchev–Trinajstić information content (AvgIpc) is 2.53. The van der Waals surface area contributed by atoms with E-state index >= 15 is 0 Å². The average molecular weight is 302 g/mol. The number of carbonyl (C=O) groups excluding carboxylic acids is 1. The summed E-state index contributed by atoms with van der Waals surface area (Å²) in [5.74, 6) is -0.460. The molecule has 1 aromatic carbocycles. The number of amides is 1. The number of likely N-dealkylation sites (tertiary alicyclic amines) is 1. The fourth-order valence-electron chi connectivity index (χ4n) is 2.93. The number of fused-ring (bicyclic) bond motifs is 1. The van der Waals surface area contributed by atoms with Crippen molar-refractivity contribution in [2.75, 3.05) is 19.7 Å². The van der Waals surface area contributed by atoms with Crippen LogP contribution in [0.3, 0.4) is 0 Å². The molecular formula is C16H18N2O4. The van der Waals surface area contributed by atoms with Gasteiger partial charge in [-0.1, -0.05) is 18.2 Å². The zero-order valence-electron chi connectivity index (χ0n) is 12.0. The number of aliphatic hydroxyl groups is 2. The van der Waals surface area contributed by atoms with E-state index in [9.17, 15) is 19.8 Å². The number of nitrogens with zero attached hydrogens (tertiary/aromatic N) is 1. The highest BCUT2D eigenvalue weighted by molar-refractivity contribution is 6.05. The lowest BCUT2D eigenvalue weighted by Gasteiger charge is -2.35. The van der Waals surface area contributed by atoms with Crippen LogP contribution in [0, 0.1) is 5.92 Å². The van der Waals surface area contributed by atoms with Crippen molar-refractivity contribution in [3.63, 3.8) is 0 Å². The van der Waals surface area contributed by atoms with E-state index in [1.165, 1.54) is 11.0 Å². The fraction of sp³-hybridized carbons (Fsp3) is 0.375. The third-order valence-corrected chi connectivity index (χ3v) is 4.22. The van der Waals surface area contributed by atoms with E-state index in [1.807, 2.05) is 6.07 Å². The number of hydrogen-bond acceptors (Lipinski definition) is 4. The number of aromatic nitrogens is 1. The van der Waals surface area contributed by atoms with E-state index in [-0.39, 0.29) is 30.5 Å². The maximum Gasteiger partial charge on any atom is 0.254 e. The Morgan fingerprint density at radius 2 is 2.14 bits per heavy atom. The fourth-order valence-corrected chi connectivity index (χ4v) is 2.93. The molecule has 0 saturated carbocycles. The van der Waals surface area contributed by atoms with Crippen molar-refractivity contribution < 1.29 is 15.0 Å². The van der Waals surface area contributed by atoms with Crippen molar-refractivity contribution in [3.05, 3.63) is 46.2 Å². The van der Waals surface area contributed by atoms with E-state index in [0.29, 0.717) is 29.4 Å². The van der Waals surface area contributed by atoms with E-state index in [0.717, 1.165) is 0 Å². The van der Waals surface area contributed by atoms with Gasteiger partial charge in [-0.25, -0.2) is 0 Å². The predicted molar refractivity (Wildman–Crippen MR) is 81.7 cm³/mol. The van der Waals surface area contributed by atoms with Crippen molar-refractivity contribution in [1.82, 2.24) is 9.88 Å². The van der Waals surface area contributed by atoms with Crippen LogP contribution in [0.15, 0.2) is 35.1 Å². The number of piperidine rings is 1. The van der Waals surface area contributed by atoms with Gasteiger partial charge >= 0.3 is 0 Å². The first-order chi connectivity index (χ1) is 10.6. The molecule has 0 radical (unpaired) electrons. The monoisotopic (exact) mass is 302 g/mol. The summed E-state index contributed by atoms with van der Waals surface area (Å²) in [5.41, 5.74) is 0.631. The number of β-amino-alcohol motifs (C(OH)–C–C–N with tert-alkyl or cyclic N) is 1. The Balaban J connectivity index is 1.95. The first kappa shape index (κ1) is 14.7. The van der Waals surface area contributed by atoms with Crippen LogP contribution in [0.5, 0.6) is 0 Å². The Bertz CT molecular complexity index is 755. The van der Waals surface area contributed by atoms with Crippen LogP contribution in [0.25, 0.3) is 10.9 Å². The van der Waals surface area contributed by atoms with E-state index in [2.05, 4.69) is 4.98 Å². The molecule has 1 aliphatic rings. The molecule has 6 heteroatoms. The summed E-state index contributed by atoms with van der Waals surface area (Å²) in [6, 6.07) is 8.44. The van der Waals surface area contributed by atoms with Gasteiger partial charge in [-0.3, -0.25) is 9.59 Å². The minimum atomic E-state index is -0.740. The molecule has 6 nitrogen and oxygen atoms in total. The van der Waals surface area contributed by atoms with Crippen LogP contribution in [-0.4, -0.2) is 51.8 Å². The highest BCUT2D eigenvalue weighted by atomic mass is 16.3. The molecule has 2 atom stereocenters. The van der Waals surface area contributed by atoms with Crippen LogP contribution >= 0.6 is 0 Å². The van der Waals surface area contributed by atoms with Gasteiger partial charge in [-0.2, -0.15) is 0 Å². The van der Waals surface area contributed by atoms with Crippen molar-refractivity contribution in [1.29, 1.82) is 0 Å². The van der Waals surface area contributed by atoms with Gasteiger partial charge in [0, 0.05) is 42.6 Å². The van der Waals surface area contributed by atoms with Gasteiger partial charge < -0.3 is 20.1 Å². The summed E-state index contributed by atoms with van der Waals surface area (Å²) in [6.07, 6.45) is -0.194. The Morgan fingerprint density at radius 3 is 2.86 bits per heavy atom. The van der Waals surface area contributed by atoms with Crippen LogP contribution in [0.2, 0.25) is 0 Å². The third-order valence-electron chi connectivity index (χ3n) is 4.22. The Hall–Kier alpha value is -2.18.